The minimum atomic E-state index is -0.267. The number of fused-ring (bicyclic) bond motifs is 1. The van der Waals surface area contributed by atoms with E-state index in [0.717, 1.165) is 29.0 Å². The summed E-state index contributed by atoms with van der Waals surface area (Å²) in [5.74, 6) is 2.69. The van der Waals surface area contributed by atoms with Crippen LogP contribution in [0.2, 0.25) is 0 Å². The van der Waals surface area contributed by atoms with E-state index >= 15 is 0 Å². The molecule has 0 bridgehead atoms. The van der Waals surface area contributed by atoms with Crippen LogP contribution < -0.4 is 15.4 Å². The third-order valence-electron chi connectivity index (χ3n) is 4.77. The van der Waals surface area contributed by atoms with Crippen molar-refractivity contribution in [3.05, 3.63) is 70.8 Å². The number of hydrogen-bond acceptors (Lipinski definition) is 4. The zero-order valence-electron chi connectivity index (χ0n) is 16.8. The molecule has 5 nitrogen and oxygen atoms in total. The maximum Gasteiger partial charge on any atom is 0.252 e. The van der Waals surface area contributed by atoms with E-state index in [-0.39, 0.29) is 23.8 Å². The molecular formula is C24H24N2O3. The molecular weight excluding hydrogens is 364 g/mol. The predicted octanol–water partition coefficient (Wildman–Crippen LogP) is 3.21. The number of ether oxygens (including phenoxy) is 1. The zero-order chi connectivity index (χ0) is 21.0. The molecule has 1 aliphatic rings. The quantitative estimate of drug-likeness (QED) is 0.469. The molecule has 2 aromatic rings. The average Bonchev–Trinajstić information content (AvgIpc) is 2.71. The molecule has 148 valence electrons. The van der Waals surface area contributed by atoms with Gasteiger partial charge in [-0.05, 0) is 50.1 Å². The van der Waals surface area contributed by atoms with E-state index < -0.39 is 0 Å². The molecule has 5 heteroatoms. The number of rotatable bonds is 5. The van der Waals surface area contributed by atoms with Gasteiger partial charge in [-0.25, -0.2) is 0 Å². The molecule has 1 aliphatic heterocycles. The molecule has 0 saturated carbocycles. The lowest BCUT2D eigenvalue weighted by Gasteiger charge is -2.35. The first-order valence-electron chi connectivity index (χ1n) is 9.36. The maximum absolute atomic E-state index is 12.9. The summed E-state index contributed by atoms with van der Waals surface area (Å²) < 4.78 is 5.34. The Morgan fingerprint density at radius 3 is 2.55 bits per heavy atom. The lowest BCUT2D eigenvalue weighted by molar-refractivity contribution is 0.0957. The molecule has 0 unspecified atom stereocenters. The topological polar surface area (TPSA) is 67.4 Å². The maximum atomic E-state index is 12.9. The molecule has 0 aromatic heterocycles. The van der Waals surface area contributed by atoms with Gasteiger partial charge in [0.15, 0.2) is 5.78 Å². The Morgan fingerprint density at radius 1 is 1.21 bits per heavy atom. The van der Waals surface area contributed by atoms with Crippen LogP contribution in [-0.2, 0) is 6.42 Å². The Hall–Kier alpha value is -3.52. The molecule has 0 fully saturated rings. The molecule has 0 saturated heterocycles. The fourth-order valence-electron chi connectivity index (χ4n) is 3.39. The van der Waals surface area contributed by atoms with Crippen molar-refractivity contribution < 1.29 is 14.3 Å². The largest absolute Gasteiger partial charge is 0.497 e. The number of ketones is 1. The Bertz CT molecular complexity index is 1010. The van der Waals surface area contributed by atoms with Gasteiger partial charge in [0.1, 0.15) is 5.75 Å². The highest BCUT2D eigenvalue weighted by Crippen LogP contribution is 2.32. The lowest BCUT2D eigenvalue weighted by Crippen LogP contribution is -2.43. The number of carbonyl (C=O) groups excluding carboxylic acids is 2. The van der Waals surface area contributed by atoms with Crippen LogP contribution in [0.25, 0.3) is 5.70 Å². The normalized spacial score (nSPS) is 15.6. The number of hydrogen-bond donors (Lipinski definition) is 2. The summed E-state index contributed by atoms with van der Waals surface area (Å²) >= 11 is 0. The van der Waals surface area contributed by atoms with Crippen molar-refractivity contribution in [1.29, 1.82) is 0 Å². The number of amides is 1. The summed E-state index contributed by atoms with van der Waals surface area (Å²) in [6.45, 7) is 4.36. The van der Waals surface area contributed by atoms with Crippen LogP contribution in [-0.4, -0.2) is 30.9 Å². The van der Waals surface area contributed by atoms with Crippen LogP contribution in [0.5, 0.6) is 5.75 Å². The van der Waals surface area contributed by atoms with Crippen molar-refractivity contribution in [3.8, 4) is 18.1 Å². The summed E-state index contributed by atoms with van der Waals surface area (Å²) in [6, 6.07) is 12.4. The fraction of sp³-hybridized carbons (Fsp3) is 0.250. The van der Waals surface area contributed by atoms with Crippen LogP contribution in [0.4, 0.5) is 0 Å². The third kappa shape index (κ3) is 4.67. The van der Waals surface area contributed by atoms with Gasteiger partial charge in [0.25, 0.3) is 5.91 Å². The van der Waals surface area contributed by atoms with E-state index in [1.54, 1.807) is 37.5 Å². The second-order valence-corrected chi connectivity index (χ2v) is 7.60. The van der Waals surface area contributed by atoms with E-state index in [1.807, 2.05) is 18.2 Å². The first-order valence-corrected chi connectivity index (χ1v) is 9.36. The monoisotopic (exact) mass is 388 g/mol. The number of carbonyl (C=O) groups is 2. The molecule has 3 rings (SSSR count). The number of methoxy groups -OCH3 is 1. The Morgan fingerprint density at radius 2 is 1.90 bits per heavy atom. The van der Waals surface area contributed by atoms with Crippen molar-refractivity contribution >= 4 is 17.4 Å². The number of nitrogens with one attached hydrogen (secondary N) is 2. The minimum Gasteiger partial charge on any atom is -0.497 e. The van der Waals surface area contributed by atoms with Gasteiger partial charge in [0.05, 0.1) is 13.7 Å². The van der Waals surface area contributed by atoms with Gasteiger partial charge in [-0.1, -0.05) is 24.1 Å². The Kier molecular flexibility index (Phi) is 5.74. The van der Waals surface area contributed by atoms with E-state index in [4.69, 9.17) is 11.2 Å². The van der Waals surface area contributed by atoms with E-state index in [1.165, 1.54) is 0 Å². The SMILES string of the molecule is C#CCNC(=O)c1ccc(C(=O)/C=C2\NC(C)(C)Cc3ccc(OC)cc32)cc1. The van der Waals surface area contributed by atoms with Crippen LogP contribution in [0.15, 0.2) is 48.5 Å². The van der Waals surface area contributed by atoms with Gasteiger partial charge in [-0.3, -0.25) is 9.59 Å². The highest BCUT2D eigenvalue weighted by Gasteiger charge is 2.28. The first kappa shape index (κ1) is 20.2. The molecule has 1 amide bonds. The predicted molar refractivity (Wildman–Crippen MR) is 114 cm³/mol. The van der Waals surface area contributed by atoms with Crippen LogP contribution in [0.3, 0.4) is 0 Å². The molecule has 0 spiro atoms. The summed E-state index contributed by atoms with van der Waals surface area (Å²) in [4.78, 5) is 24.8. The molecule has 1 heterocycles. The lowest BCUT2D eigenvalue weighted by atomic mass is 9.85. The third-order valence-corrected chi connectivity index (χ3v) is 4.77. The molecule has 0 atom stereocenters. The molecule has 2 aromatic carbocycles. The summed E-state index contributed by atoms with van der Waals surface area (Å²) in [6.07, 6.45) is 7.60. The zero-order valence-corrected chi connectivity index (χ0v) is 16.8. The highest BCUT2D eigenvalue weighted by molar-refractivity contribution is 6.09. The molecule has 0 aliphatic carbocycles. The van der Waals surface area contributed by atoms with Crippen molar-refractivity contribution in [2.75, 3.05) is 13.7 Å². The Balaban J connectivity index is 1.89. The molecule has 0 radical (unpaired) electrons. The Labute approximate surface area is 171 Å². The summed E-state index contributed by atoms with van der Waals surface area (Å²) in [5, 5.41) is 6.06. The first-order chi connectivity index (χ1) is 13.8. The van der Waals surface area contributed by atoms with Crippen molar-refractivity contribution in [2.45, 2.75) is 25.8 Å². The van der Waals surface area contributed by atoms with E-state index in [2.05, 4.69) is 30.4 Å². The van der Waals surface area contributed by atoms with Gasteiger partial charge in [-0.2, -0.15) is 0 Å². The number of allylic oxidation sites excluding steroid dienone is 1. The fourth-order valence-corrected chi connectivity index (χ4v) is 3.39. The molecule has 29 heavy (non-hydrogen) atoms. The number of benzene rings is 2. The van der Waals surface area contributed by atoms with E-state index in [0.29, 0.717) is 11.1 Å². The average molecular weight is 388 g/mol. The van der Waals surface area contributed by atoms with Crippen molar-refractivity contribution in [1.82, 2.24) is 10.6 Å². The summed E-state index contributed by atoms with van der Waals surface area (Å²) in [7, 11) is 1.62. The minimum absolute atomic E-state index is 0.144. The number of terminal acetylenes is 1. The van der Waals surface area contributed by atoms with Crippen LogP contribution in [0.1, 0.15) is 45.7 Å². The van der Waals surface area contributed by atoms with Gasteiger partial charge in [0, 0.05) is 34.0 Å². The molecule has 2 N–H and O–H groups in total. The van der Waals surface area contributed by atoms with Crippen LogP contribution in [0, 0.1) is 12.3 Å². The van der Waals surface area contributed by atoms with Crippen molar-refractivity contribution in [3.63, 3.8) is 0 Å². The standard InChI is InChI=1S/C24H24N2O3/c1-5-12-25-23(28)17-8-6-16(7-9-17)22(27)14-21-20-13-19(29-4)11-10-18(20)15-24(2,3)26-21/h1,6-11,13-14,26H,12,15H2,2-4H3,(H,25,28)/b21-14-. The van der Waals surface area contributed by atoms with Gasteiger partial charge in [-0.15, -0.1) is 6.42 Å². The van der Waals surface area contributed by atoms with Crippen molar-refractivity contribution in [2.24, 2.45) is 0 Å². The van der Waals surface area contributed by atoms with E-state index in [9.17, 15) is 9.59 Å². The second kappa shape index (κ2) is 8.24. The van der Waals surface area contributed by atoms with Gasteiger partial charge < -0.3 is 15.4 Å². The van der Waals surface area contributed by atoms with Gasteiger partial charge in [0.2, 0.25) is 0 Å². The van der Waals surface area contributed by atoms with Gasteiger partial charge >= 0.3 is 0 Å². The smallest absolute Gasteiger partial charge is 0.252 e. The van der Waals surface area contributed by atoms with Crippen LogP contribution >= 0.6 is 0 Å². The summed E-state index contributed by atoms with van der Waals surface area (Å²) in [5.41, 5.74) is 3.66. The highest BCUT2D eigenvalue weighted by atomic mass is 16.5. The second-order valence-electron chi connectivity index (χ2n) is 7.60.